The topological polar surface area (TPSA) is 105 Å². The number of anilines is 2. The van der Waals surface area contributed by atoms with E-state index in [-0.39, 0.29) is 5.91 Å². The molecule has 4 rings (SSSR count). The molecule has 2 fully saturated rings. The minimum Gasteiger partial charge on any atom is -0.383 e. The van der Waals surface area contributed by atoms with Gasteiger partial charge >= 0.3 is 0 Å². The van der Waals surface area contributed by atoms with Crippen LogP contribution in [0.5, 0.6) is 0 Å². The number of rotatable bonds is 7. The van der Waals surface area contributed by atoms with Crippen LogP contribution in [0.2, 0.25) is 0 Å². The molecule has 25 heavy (non-hydrogen) atoms. The highest BCUT2D eigenvalue weighted by atomic mass is 16.5. The first-order valence-electron chi connectivity index (χ1n) is 8.44. The van der Waals surface area contributed by atoms with Crippen LogP contribution in [-0.4, -0.2) is 58.3 Å². The van der Waals surface area contributed by atoms with Crippen molar-refractivity contribution in [2.24, 2.45) is 0 Å². The fourth-order valence-electron chi connectivity index (χ4n) is 2.72. The Hall–Kier alpha value is -2.68. The van der Waals surface area contributed by atoms with Gasteiger partial charge in [0.05, 0.1) is 12.8 Å². The Labute approximate surface area is 144 Å². The van der Waals surface area contributed by atoms with Gasteiger partial charge in [0.25, 0.3) is 0 Å². The van der Waals surface area contributed by atoms with Gasteiger partial charge in [-0.1, -0.05) is 0 Å². The maximum Gasteiger partial charge on any atom is 0.229 e. The highest BCUT2D eigenvalue weighted by molar-refractivity contribution is 5.85. The summed E-state index contributed by atoms with van der Waals surface area (Å²) in [7, 11) is 1.66. The molecule has 0 bridgehead atoms. The number of hydrogen-bond donors (Lipinski definition) is 3. The maximum atomic E-state index is 11.4. The molecule has 0 unspecified atom stereocenters. The Morgan fingerprint density at radius 2 is 2.32 bits per heavy atom. The number of aromatic nitrogens is 4. The minimum atomic E-state index is 0.0513. The van der Waals surface area contributed by atoms with Crippen molar-refractivity contribution in [3.8, 4) is 0 Å². The van der Waals surface area contributed by atoms with Crippen molar-refractivity contribution in [2.45, 2.75) is 25.3 Å². The van der Waals surface area contributed by atoms with Gasteiger partial charge in [-0.3, -0.25) is 4.79 Å². The second-order valence-electron chi connectivity index (χ2n) is 6.30. The molecule has 1 saturated heterocycles. The van der Waals surface area contributed by atoms with Gasteiger partial charge in [0, 0.05) is 38.2 Å². The Morgan fingerprint density at radius 3 is 3.04 bits per heavy atom. The number of amides is 1. The summed E-state index contributed by atoms with van der Waals surface area (Å²) >= 11 is 0. The van der Waals surface area contributed by atoms with Crippen LogP contribution in [0.3, 0.4) is 0 Å². The van der Waals surface area contributed by atoms with Crippen LogP contribution in [0.4, 0.5) is 11.9 Å². The smallest absolute Gasteiger partial charge is 0.229 e. The number of carbonyl (C=O) groups is 1. The Morgan fingerprint density at radius 1 is 1.44 bits per heavy atom. The molecule has 0 aromatic carbocycles. The van der Waals surface area contributed by atoms with Crippen molar-refractivity contribution in [3.63, 3.8) is 0 Å². The van der Waals surface area contributed by atoms with E-state index in [1.807, 2.05) is 6.08 Å². The lowest BCUT2D eigenvalue weighted by Gasteiger charge is -2.10. The van der Waals surface area contributed by atoms with E-state index < -0.39 is 0 Å². The molecule has 9 nitrogen and oxygen atoms in total. The van der Waals surface area contributed by atoms with Crippen LogP contribution < -0.4 is 16.0 Å². The van der Waals surface area contributed by atoms with Crippen molar-refractivity contribution in [1.82, 2.24) is 24.9 Å². The van der Waals surface area contributed by atoms with E-state index in [9.17, 15) is 4.79 Å². The normalized spacial score (nSPS) is 18.8. The molecule has 9 heteroatoms. The largest absolute Gasteiger partial charge is 0.383 e. The van der Waals surface area contributed by atoms with E-state index in [1.54, 1.807) is 17.8 Å². The first-order valence-corrected chi connectivity index (χ1v) is 8.44. The summed E-state index contributed by atoms with van der Waals surface area (Å²) in [6.07, 6.45) is 6.44. The van der Waals surface area contributed by atoms with Crippen LogP contribution in [0, 0.1) is 0 Å². The van der Waals surface area contributed by atoms with Crippen LogP contribution >= 0.6 is 0 Å². The predicted octanol–water partition coefficient (Wildman–Crippen LogP) is 0.660. The number of fused-ring (bicyclic) bond motifs is 1. The van der Waals surface area contributed by atoms with Crippen molar-refractivity contribution in [3.05, 3.63) is 17.3 Å². The van der Waals surface area contributed by atoms with E-state index in [1.165, 1.54) is 0 Å². The lowest BCUT2D eigenvalue weighted by atomic mass is 10.1. The van der Waals surface area contributed by atoms with Crippen molar-refractivity contribution in [1.29, 1.82) is 0 Å². The maximum absolute atomic E-state index is 11.4. The number of hydrogen-bond acceptors (Lipinski definition) is 7. The van der Waals surface area contributed by atoms with Crippen LogP contribution in [0.15, 0.2) is 11.8 Å². The van der Waals surface area contributed by atoms with E-state index in [0.29, 0.717) is 49.7 Å². The van der Waals surface area contributed by atoms with Gasteiger partial charge in [0.1, 0.15) is 0 Å². The van der Waals surface area contributed by atoms with Gasteiger partial charge in [-0.05, 0) is 24.5 Å². The highest BCUT2D eigenvalue weighted by Crippen LogP contribution is 2.25. The number of methoxy groups -OCH3 is 1. The minimum absolute atomic E-state index is 0.0513. The summed E-state index contributed by atoms with van der Waals surface area (Å²) < 4.78 is 6.77. The van der Waals surface area contributed by atoms with Gasteiger partial charge in [-0.15, -0.1) is 0 Å². The average Bonchev–Trinajstić information content (AvgIpc) is 3.17. The van der Waals surface area contributed by atoms with Crippen molar-refractivity contribution < 1.29 is 9.53 Å². The summed E-state index contributed by atoms with van der Waals surface area (Å²) in [4.78, 5) is 20.6. The van der Waals surface area contributed by atoms with Gasteiger partial charge in [0.15, 0.2) is 5.65 Å². The molecular weight excluding hydrogens is 322 g/mol. The van der Waals surface area contributed by atoms with E-state index in [2.05, 4.69) is 31.0 Å². The summed E-state index contributed by atoms with van der Waals surface area (Å²) in [6.45, 7) is 1.77. The molecular formula is C16H21N7O2. The standard InChI is InChI=1S/C16H21N7O2/c1-25-5-4-17-16-22-15(20-12-2-3-12)21-14-11(9-19-23(14)16)6-10-7-13(24)18-8-10/h6,9,12H,2-5,7-8H2,1H3,(H,18,24)(H2,17,20,21,22)/b10-6+. The zero-order valence-electron chi connectivity index (χ0n) is 14.1. The predicted molar refractivity (Wildman–Crippen MR) is 93.4 cm³/mol. The molecule has 3 heterocycles. The molecule has 2 aromatic rings. The number of nitrogens with one attached hydrogen (secondary N) is 3. The summed E-state index contributed by atoms with van der Waals surface area (Å²) in [5, 5.41) is 13.8. The lowest BCUT2D eigenvalue weighted by Crippen LogP contribution is -2.15. The van der Waals surface area contributed by atoms with Crippen LogP contribution in [-0.2, 0) is 9.53 Å². The number of ether oxygens (including phenoxy) is 1. The summed E-state index contributed by atoms with van der Waals surface area (Å²) in [5.41, 5.74) is 2.62. The zero-order valence-corrected chi connectivity index (χ0v) is 14.1. The van der Waals surface area contributed by atoms with E-state index >= 15 is 0 Å². The summed E-state index contributed by atoms with van der Waals surface area (Å²) in [5.74, 6) is 1.27. The van der Waals surface area contributed by atoms with Crippen molar-refractivity contribution >= 4 is 29.5 Å². The molecule has 0 atom stereocenters. The Balaban J connectivity index is 1.69. The quantitative estimate of drug-likeness (QED) is 0.634. The third-order valence-corrected chi connectivity index (χ3v) is 4.16. The molecule has 0 radical (unpaired) electrons. The third kappa shape index (κ3) is 3.55. The SMILES string of the molecule is COCCNc1nc(NC2CC2)nc2c(/C=C3/CNC(=O)C3)cnn12. The molecule has 0 spiro atoms. The molecule has 3 N–H and O–H groups in total. The molecule has 1 aliphatic carbocycles. The average molecular weight is 343 g/mol. The zero-order chi connectivity index (χ0) is 17.2. The summed E-state index contributed by atoms with van der Waals surface area (Å²) in [6, 6.07) is 0.454. The van der Waals surface area contributed by atoms with Gasteiger partial charge in [-0.25, -0.2) is 0 Å². The number of carbonyl (C=O) groups excluding carboxylic acids is 1. The molecule has 2 aromatic heterocycles. The first-order chi connectivity index (χ1) is 12.2. The van der Waals surface area contributed by atoms with E-state index in [4.69, 9.17) is 4.74 Å². The van der Waals surface area contributed by atoms with E-state index in [0.717, 1.165) is 24.0 Å². The van der Waals surface area contributed by atoms with Crippen molar-refractivity contribution in [2.75, 3.05) is 37.4 Å². The van der Waals surface area contributed by atoms with Crippen LogP contribution in [0.1, 0.15) is 24.8 Å². The van der Waals surface area contributed by atoms with Gasteiger partial charge in [0.2, 0.25) is 17.8 Å². The highest BCUT2D eigenvalue weighted by Gasteiger charge is 2.23. The lowest BCUT2D eigenvalue weighted by molar-refractivity contribution is -0.118. The third-order valence-electron chi connectivity index (χ3n) is 4.16. The molecule has 1 saturated carbocycles. The van der Waals surface area contributed by atoms with Gasteiger partial charge < -0.3 is 20.7 Å². The fraction of sp³-hybridized carbons (Fsp3) is 0.500. The Kier molecular flexibility index (Phi) is 4.22. The fourth-order valence-corrected chi connectivity index (χ4v) is 2.72. The second kappa shape index (κ2) is 6.67. The molecule has 132 valence electrons. The Bertz CT molecular complexity index is 825. The van der Waals surface area contributed by atoms with Gasteiger partial charge in [-0.2, -0.15) is 19.6 Å². The van der Waals surface area contributed by atoms with Crippen LogP contribution in [0.25, 0.3) is 11.7 Å². The number of nitrogens with zero attached hydrogens (tertiary/aromatic N) is 4. The molecule has 1 aliphatic heterocycles. The molecule has 1 amide bonds. The molecule has 2 aliphatic rings. The second-order valence-corrected chi connectivity index (χ2v) is 6.30. The first kappa shape index (κ1) is 15.8. The monoisotopic (exact) mass is 343 g/mol.